The smallest absolute Gasteiger partial charge is 0.340 e. The van der Waals surface area contributed by atoms with Crippen LogP contribution in [0.4, 0.5) is 5.00 Å². The zero-order chi connectivity index (χ0) is 16.1. The molecule has 22 heavy (non-hydrogen) atoms. The molecule has 0 radical (unpaired) electrons. The third-order valence-electron chi connectivity index (χ3n) is 3.33. The molecule has 0 aliphatic heterocycles. The minimum atomic E-state index is -0.446. The Kier molecular flexibility index (Phi) is 5.33. The van der Waals surface area contributed by atoms with E-state index < -0.39 is 5.97 Å². The van der Waals surface area contributed by atoms with Crippen LogP contribution in [0.25, 0.3) is 0 Å². The number of hydrogen-bond acceptors (Lipinski definition) is 4. The van der Waals surface area contributed by atoms with Crippen molar-refractivity contribution in [2.75, 3.05) is 12.4 Å². The van der Waals surface area contributed by atoms with Gasteiger partial charge in [0.1, 0.15) is 5.00 Å². The van der Waals surface area contributed by atoms with E-state index in [-0.39, 0.29) is 12.3 Å². The summed E-state index contributed by atoms with van der Waals surface area (Å²) in [6, 6.07) is 9.65. The average molecular weight is 317 g/mol. The predicted octanol–water partition coefficient (Wildman–Crippen LogP) is 3.84. The summed E-state index contributed by atoms with van der Waals surface area (Å²) in [5.41, 5.74) is 2.57. The number of amides is 1. The molecule has 1 N–H and O–H groups in total. The Hall–Kier alpha value is -2.14. The summed E-state index contributed by atoms with van der Waals surface area (Å²) in [5, 5.41) is 5.04. The standard InChI is InChI=1S/C17H19NO3S/c1-11(2)13-6-4-12(5-7-13)10-15(19)18-16-14(8-9-22-16)17(20)21-3/h4-9,11H,10H2,1-3H3,(H,18,19). The van der Waals surface area contributed by atoms with Crippen molar-refractivity contribution in [2.45, 2.75) is 26.2 Å². The predicted molar refractivity (Wildman–Crippen MR) is 88.5 cm³/mol. The van der Waals surface area contributed by atoms with Gasteiger partial charge in [0.05, 0.1) is 19.1 Å². The molecule has 2 aromatic rings. The summed E-state index contributed by atoms with van der Waals surface area (Å²) in [5.74, 6) is -0.126. The van der Waals surface area contributed by atoms with Crippen molar-refractivity contribution in [1.82, 2.24) is 0 Å². The maximum atomic E-state index is 12.1. The van der Waals surface area contributed by atoms with Crippen molar-refractivity contribution in [3.8, 4) is 0 Å². The summed E-state index contributed by atoms with van der Waals surface area (Å²) in [4.78, 5) is 23.7. The molecule has 0 saturated carbocycles. The van der Waals surface area contributed by atoms with Gasteiger partial charge in [-0.3, -0.25) is 4.79 Å². The third-order valence-corrected chi connectivity index (χ3v) is 4.16. The van der Waals surface area contributed by atoms with Crippen LogP contribution in [-0.4, -0.2) is 19.0 Å². The van der Waals surface area contributed by atoms with Crippen LogP contribution in [-0.2, 0) is 16.0 Å². The van der Waals surface area contributed by atoms with Crippen LogP contribution in [0.1, 0.15) is 41.3 Å². The van der Waals surface area contributed by atoms with Gasteiger partial charge in [0.25, 0.3) is 0 Å². The Morgan fingerprint density at radius 1 is 1.18 bits per heavy atom. The van der Waals surface area contributed by atoms with Crippen molar-refractivity contribution in [3.63, 3.8) is 0 Å². The van der Waals surface area contributed by atoms with E-state index in [0.717, 1.165) is 5.56 Å². The molecule has 0 saturated heterocycles. The molecule has 0 aliphatic carbocycles. The maximum Gasteiger partial charge on any atom is 0.340 e. The maximum absolute atomic E-state index is 12.1. The molecule has 0 fully saturated rings. The molecule has 2 rings (SSSR count). The van der Waals surface area contributed by atoms with Crippen molar-refractivity contribution in [1.29, 1.82) is 0 Å². The summed E-state index contributed by atoms with van der Waals surface area (Å²) < 4.78 is 4.69. The molecule has 1 heterocycles. The quantitative estimate of drug-likeness (QED) is 0.852. The van der Waals surface area contributed by atoms with E-state index in [1.165, 1.54) is 24.0 Å². The van der Waals surface area contributed by atoms with E-state index >= 15 is 0 Å². The number of benzene rings is 1. The highest BCUT2D eigenvalue weighted by Gasteiger charge is 2.15. The van der Waals surface area contributed by atoms with E-state index in [9.17, 15) is 9.59 Å². The summed E-state index contributed by atoms with van der Waals surface area (Å²) in [7, 11) is 1.32. The van der Waals surface area contributed by atoms with Crippen molar-refractivity contribution in [3.05, 3.63) is 52.4 Å². The summed E-state index contributed by atoms with van der Waals surface area (Å²) in [6.07, 6.45) is 0.275. The van der Waals surface area contributed by atoms with Gasteiger partial charge in [0, 0.05) is 0 Å². The topological polar surface area (TPSA) is 55.4 Å². The fourth-order valence-electron chi connectivity index (χ4n) is 2.05. The summed E-state index contributed by atoms with van der Waals surface area (Å²) in [6.45, 7) is 4.26. The Labute approximate surface area is 134 Å². The molecule has 5 heteroatoms. The van der Waals surface area contributed by atoms with E-state index in [1.807, 2.05) is 24.3 Å². The van der Waals surface area contributed by atoms with Crippen LogP contribution in [0.2, 0.25) is 0 Å². The number of methoxy groups -OCH3 is 1. The molecule has 116 valence electrons. The van der Waals surface area contributed by atoms with Gasteiger partial charge in [-0.15, -0.1) is 11.3 Å². The Bertz CT molecular complexity index is 659. The molecule has 0 atom stereocenters. The number of carbonyl (C=O) groups excluding carboxylic acids is 2. The summed E-state index contributed by atoms with van der Waals surface area (Å²) >= 11 is 1.31. The van der Waals surface area contributed by atoms with Crippen LogP contribution in [0.5, 0.6) is 0 Å². The Balaban J connectivity index is 2.01. The Morgan fingerprint density at radius 3 is 2.45 bits per heavy atom. The van der Waals surface area contributed by atoms with Gasteiger partial charge >= 0.3 is 5.97 Å². The van der Waals surface area contributed by atoms with E-state index in [1.54, 1.807) is 11.4 Å². The van der Waals surface area contributed by atoms with Gasteiger partial charge in [-0.25, -0.2) is 4.79 Å². The lowest BCUT2D eigenvalue weighted by Crippen LogP contribution is -2.15. The number of thiophene rings is 1. The molecule has 0 spiro atoms. The van der Waals surface area contributed by atoms with Crippen molar-refractivity contribution >= 4 is 28.2 Å². The molecule has 1 aromatic heterocycles. The molecular weight excluding hydrogens is 298 g/mol. The number of carbonyl (C=O) groups is 2. The number of rotatable bonds is 5. The lowest BCUT2D eigenvalue weighted by molar-refractivity contribution is -0.115. The fourth-order valence-corrected chi connectivity index (χ4v) is 2.84. The highest BCUT2D eigenvalue weighted by Crippen LogP contribution is 2.24. The second-order valence-corrected chi connectivity index (χ2v) is 6.19. The number of anilines is 1. The number of nitrogens with one attached hydrogen (secondary N) is 1. The van der Waals surface area contributed by atoms with Gasteiger partial charge in [0.2, 0.25) is 5.91 Å². The lowest BCUT2D eigenvalue weighted by atomic mass is 10.0. The van der Waals surface area contributed by atoms with E-state index in [2.05, 4.69) is 23.9 Å². The van der Waals surface area contributed by atoms with E-state index in [4.69, 9.17) is 0 Å². The second-order valence-electron chi connectivity index (χ2n) is 5.28. The van der Waals surface area contributed by atoms with Crippen molar-refractivity contribution < 1.29 is 14.3 Å². The van der Waals surface area contributed by atoms with Gasteiger partial charge in [0.15, 0.2) is 0 Å². The van der Waals surface area contributed by atoms with E-state index in [0.29, 0.717) is 16.5 Å². The highest BCUT2D eigenvalue weighted by atomic mass is 32.1. The molecule has 0 bridgehead atoms. The second kappa shape index (κ2) is 7.22. The molecule has 1 aromatic carbocycles. The third kappa shape index (κ3) is 3.95. The van der Waals surface area contributed by atoms with Gasteiger partial charge in [-0.1, -0.05) is 38.1 Å². The first-order chi connectivity index (χ1) is 10.5. The Morgan fingerprint density at radius 2 is 1.86 bits per heavy atom. The molecule has 0 aliphatic rings. The SMILES string of the molecule is COC(=O)c1ccsc1NC(=O)Cc1ccc(C(C)C)cc1. The van der Waals surface area contributed by atoms with Gasteiger partial charge < -0.3 is 10.1 Å². The molecule has 0 unspecified atom stereocenters. The lowest BCUT2D eigenvalue weighted by Gasteiger charge is -2.08. The monoisotopic (exact) mass is 317 g/mol. The van der Waals surface area contributed by atoms with Gasteiger partial charge in [-0.05, 0) is 28.5 Å². The fraction of sp³-hybridized carbons (Fsp3) is 0.294. The van der Waals surface area contributed by atoms with Crippen LogP contribution in [0.3, 0.4) is 0 Å². The van der Waals surface area contributed by atoms with Crippen molar-refractivity contribution in [2.24, 2.45) is 0 Å². The number of ether oxygens (including phenoxy) is 1. The minimum Gasteiger partial charge on any atom is -0.465 e. The van der Waals surface area contributed by atoms with Crippen LogP contribution >= 0.6 is 11.3 Å². The first-order valence-electron chi connectivity index (χ1n) is 7.05. The largest absolute Gasteiger partial charge is 0.465 e. The zero-order valence-corrected chi connectivity index (χ0v) is 13.7. The molecule has 4 nitrogen and oxygen atoms in total. The van der Waals surface area contributed by atoms with Crippen LogP contribution < -0.4 is 5.32 Å². The van der Waals surface area contributed by atoms with Crippen LogP contribution in [0, 0.1) is 0 Å². The first kappa shape index (κ1) is 16.2. The molecule has 1 amide bonds. The molecular formula is C17H19NO3S. The highest BCUT2D eigenvalue weighted by molar-refractivity contribution is 7.14. The average Bonchev–Trinajstić information content (AvgIpc) is 2.95. The normalized spacial score (nSPS) is 10.5. The number of hydrogen-bond donors (Lipinski definition) is 1. The minimum absolute atomic E-state index is 0.148. The zero-order valence-electron chi connectivity index (χ0n) is 12.9. The van der Waals surface area contributed by atoms with Crippen LogP contribution in [0.15, 0.2) is 35.7 Å². The van der Waals surface area contributed by atoms with Gasteiger partial charge in [-0.2, -0.15) is 0 Å². The first-order valence-corrected chi connectivity index (χ1v) is 7.93. The number of esters is 1.